The van der Waals surface area contributed by atoms with Crippen LogP contribution in [-0.4, -0.2) is 136 Å². The molecule has 4 fully saturated rings. The third-order valence-electron chi connectivity index (χ3n) is 11.9. The zero-order valence-electron chi connectivity index (χ0n) is 36.3. The summed E-state index contributed by atoms with van der Waals surface area (Å²) < 4.78 is 35.8. The van der Waals surface area contributed by atoms with Crippen molar-refractivity contribution in [2.45, 2.75) is 139 Å². The van der Waals surface area contributed by atoms with Gasteiger partial charge in [0.05, 0.1) is 31.4 Å². The van der Waals surface area contributed by atoms with E-state index in [0.29, 0.717) is 16.7 Å². The Morgan fingerprint density at radius 3 is 2.28 bits per heavy atom. The van der Waals surface area contributed by atoms with Crippen molar-refractivity contribution in [2.24, 2.45) is 11.8 Å². The third kappa shape index (κ3) is 11.6. The second-order valence-electron chi connectivity index (χ2n) is 18.2. The van der Waals surface area contributed by atoms with E-state index in [0.717, 1.165) is 31.2 Å². The van der Waals surface area contributed by atoms with E-state index in [-0.39, 0.29) is 62.3 Å². The summed E-state index contributed by atoms with van der Waals surface area (Å²) in [5.74, 6) is -2.17. The summed E-state index contributed by atoms with van der Waals surface area (Å²) in [6, 6.07) is 12.7. The molecule has 2 saturated carbocycles. The minimum Gasteiger partial charge on any atom is -0.460 e. The molecule has 0 unspecified atom stereocenters. The van der Waals surface area contributed by atoms with Gasteiger partial charge in [-0.2, -0.15) is 0 Å². The van der Waals surface area contributed by atoms with Gasteiger partial charge in [0.2, 0.25) is 5.91 Å². The number of benzene rings is 2. The zero-order valence-corrected chi connectivity index (χ0v) is 36.3. The lowest BCUT2D eigenvalue weighted by molar-refractivity contribution is -0.298. The molecule has 9 atom stereocenters. The van der Waals surface area contributed by atoms with Gasteiger partial charge in [0.1, 0.15) is 48.3 Å². The van der Waals surface area contributed by atoms with Crippen LogP contribution in [0, 0.1) is 11.8 Å². The zero-order chi connectivity index (χ0) is 45.8. The average molecular weight is 893 g/mol. The molecule has 0 bridgehead atoms. The van der Waals surface area contributed by atoms with Crippen molar-refractivity contribution in [3.63, 3.8) is 0 Å². The molecule has 5 aliphatic rings. The van der Waals surface area contributed by atoms with Crippen LogP contribution in [0.4, 0.5) is 0 Å². The van der Waals surface area contributed by atoms with Crippen LogP contribution in [-0.2, 0) is 44.6 Å². The molecule has 2 aromatic rings. The maximum absolute atomic E-state index is 13.8. The van der Waals surface area contributed by atoms with Crippen LogP contribution in [0.1, 0.15) is 97.6 Å². The fourth-order valence-corrected chi connectivity index (χ4v) is 8.33. The molecule has 0 aromatic heterocycles. The first-order valence-electron chi connectivity index (χ1n) is 22.0. The standard InChI is InChI=1S/C47H60N2O15/c1-46(2,3)63-37(52)18-17-33(24-50)49-43(57)29-8-4-6-27(20-29)23-48-42(56)30-21-34(41-35(22-30)62-47(64-41,31-13-14-31)32-15-16-32)60-44(58)28-11-9-26(10-12-28)7-5-19-59-45-40(55)39(54)38(53)36(25-51)61-45/h4-12,20,22,31-36,38-41,45,50-51,53-55H,13-19,21,23-25H2,1-3H3,(H,48,56)(H,49,57)/t33-,34+,35+,36+,38-,39-,40+,41-,45-/m0/s1. The number of ether oxygens (including phenoxy) is 6. The van der Waals surface area contributed by atoms with Gasteiger partial charge in [-0.05, 0) is 94.3 Å². The summed E-state index contributed by atoms with van der Waals surface area (Å²) >= 11 is 0. The first-order valence-corrected chi connectivity index (χ1v) is 22.0. The minimum absolute atomic E-state index is 0.0243. The van der Waals surface area contributed by atoms with Crippen molar-refractivity contribution in [3.05, 3.63) is 88.5 Å². The van der Waals surface area contributed by atoms with Gasteiger partial charge < -0.3 is 64.6 Å². The molecule has 2 aromatic carbocycles. The topological polar surface area (TPSA) is 249 Å². The number of fused-ring (bicyclic) bond motifs is 1. The summed E-state index contributed by atoms with van der Waals surface area (Å²) in [6.45, 7) is 4.42. The number of esters is 2. The predicted molar refractivity (Wildman–Crippen MR) is 227 cm³/mol. The van der Waals surface area contributed by atoms with E-state index in [2.05, 4.69) is 10.6 Å². The number of aliphatic hydroxyl groups is 5. The van der Waals surface area contributed by atoms with Crippen LogP contribution in [0.3, 0.4) is 0 Å². The van der Waals surface area contributed by atoms with Gasteiger partial charge in [-0.25, -0.2) is 4.79 Å². The SMILES string of the molecule is CC(C)(C)OC(=O)CC[C@@H](CO)NC(=O)c1cccc(CNC(=O)C2=C[C@H]3OC(C4CC4)(C4CC4)O[C@H]3[C@H](OC(=O)c3ccc(C=CCO[C@H]4O[C@H](CO)[C@H](O)[C@H](O)[C@H]4O)cc3)C2)c1. The highest BCUT2D eigenvalue weighted by molar-refractivity contribution is 5.95. The normalized spacial score (nSPS) is 28.2. The lowest BCUT2D eigenvalue weighted by Crippen LogP contribution is -2.59. The van der Waals surface area contributed by atoms with Crippen molar-refractivity contribution < 1.29 is 73.1 Å². The lowest BCUT2D eigenvalue weighted by atomic mass is 9.91. The van der Waals surface area contributed by atoms with Gasteiger partial charge >= 0.3 is 11.9 Å². The number of hydrogen-bond acceptors (Lipinski definition) is 15. The highest BCUT2D eigenvalue weighted by Crippen LogP contribution is 2.59. The second kappa shape index (κ2) is 20.3. The Bertz CT molecular complexity index is 2030. The maximum Gasteiger partial charge on any atom is 0.338 e. The molecule has 2 aliphatic heterocycles. The summed E-state index contributed by atoms with van der Waals surface area (Å²) in [6.07, 6.45) is 0.369. The van der Waals surface area contributed by atoms with Crippen molar-refractivity contribution >= 4 is 29.8 Å². The van der Waals surface area contributed by atoms with Gasteiger partial charge in [-0.1, -0.05) is 36.4 Å². The van der Waals surface area contributed by atoms with Gasteiger partial charge in [-0.15, -0.1) is 0 Å². The summed E-state index contributed by atoms with van der Waals surface area (Å²) in [5, 5.41) is 55.1. The summed E-state index contributed by atoms with van der Waals surface area (Å²) in [4.78, 5) is 52.8. The lowest BCUT2D eigenvalue weighted by Gasteiger charge is -2.39. The molecule has 64 heavy (non-hydrogen) atoms. The second-order valence-corrected chi connectivity index (χ2v) is 18.2. The van der Waals surface area contributed by atoms with E-state index in [1.165, 1.54) is 0 Å². The van der Waals surface area contributed by atoms with E-state index in [4.69, 9.17) is 28.4 Å². The molecule has 348 valence electrons. The van der Waals surface area contributed by atoms with E-state index in [9.17, 15) is 44.7 Å². The fourth-order valence-electron chi connectivity index (χ4n) is 8.33. The molecule has 2 heterocycles. The average Bonchev–Trinajstić information content (AvgIpc) is 4.23. The number of amides is 2. The Labute approximate surface area is 371 Å². The van der Waals surface area contributed by atoms with Crippen LogP contribution < -0.4 is 10.6 Å². The molecule has 0 radical (unpaired) electrons. The van der Waals surface area contributed by atoms with Crippen LogP contribution >= 0.6 is 0 Å². The Kier molecular flexibility index (Phi) is 15.0. The smallest absolute Gasteiger partial charge is 0.338 e. The Morgan fingerprint density at radius 1 is 0.906 bits per heavy atom. The number of aliphatic hydroxyl groups excluding tert-OH is 5. The van der Waals surface area contributed by atoms with E-state index >= 15 is 0 Å². The van der Waals surface area contributed by atoms with Crippen molar-refractivity contribution in [2.75, 3.05) is 19.8 Å². The number of nitrogens with one attached hydrogen (secondary N) is 2. The summed E-state index contributed by atoms with van der Waals surface area (Å²) in [5.41, 5.74) is 1.69. The van der Waals surface area contributed by atoms with E-state index in [1.54, 1.807) is 87.5 Å². The highest BCUT2D eigenvalue weighted by Gasteiger charge is 2.64. The molecule has 17 heteroatoms. The molecule has 7 rings (SSSR count). The van der Waals surface area contributed by atoms with Crippen molar-refractivity contribution in [1.82, 2.24) is 10.6 Å². The van der Waals surface area contributed by atoms with Gasteiger partial charge in [-0.3, -0.25) is 14.4 Å². The van der Waals surface area contributed by atoms with Crippen molar-refractivity contribution in [1.29, 1.82) is 0 Å². The molecule has 17 nitrogen and oxygen atoms in total. The monoisotopic (exact) mass is 892 g/mol. The Hall–Kier alpha value is -4.56. The quantitative estimate of drug-likeness (QED) is 0.106. The molecular formula is C47H60N2O15. The van der Waals surface area contributed by atoms with Crippen molar-refractivity contribution in [3.8, 4) is 0 Å². The molecule has 2 amide bonds. The number of carbonyl (C=O) groups excluding carboxylic acids is 4. The maximum atomic E-state index is 13.8. The highest BCUT2D eigenvalue weighted by atomic mass is 16.8. The largest absolute Gasteiger partial charge is 0.460 e. The first-order chi connectivity index (χ1) is 30.6. The van der Waals surface area contributed by atoms with Crippen LogP contribution in [0.5, 0.6) is 0 Å². The van der Waals surface area contributed by atoms with E-state index < -0.39 is 90.9 Å². The number of rotatable bonds is 18. The fraction of sp³-hybridized carbons (Fsp3) is 0.574. The third-order valence-corrected chi connectivity index (χ3v) is 11.9. The van der Waals surface area contributed by atoms with Crippen LogP contribution in [0.2, 0.25) is 0 Å². The molecule has 2 saturated heterocycles. The van der Waals surface area contributed by atoms with Gasteiger partial charge in [0, 0.05) is 42.4 Å². The summed E-state index contributed by atoms with van der Waals surface area (Å²) in [7, 11) is 0. The Morgan fingerprint density at radius 2 is 1.62 bits per heavy atom. The Balaban J connectivity index is 0.957. The number of carbonyl (C=O) groups is 4. The minimum atomic E-state index is -1.55. The molecule has 7 N–H and O–H groups in total. The molecular weight excluding hydrogens is 833 g/mol. The first kappa shape index (κ1) is 47.4. The van der Waals surface area contributed by atoms with Crippen LogP contribution in [0.25, 0.3) is 6.08 Å². The van der Waals surface area contributed by atoms with Crippen LogP contribution in [0.15, 0.2) is 66.3 Å². The van der Waals surface area contributed by atoms with Gasteiger partial charge in [0.25, 0.3) is 5.91 Å². The predicted octanol–water partition coefficient (Wildman–Crippen LogP) is 2.20. The van der Waals surface area contributed by atoms with Gasteiger partial charge in [0.15, 0.2) is 12.1 Å². The molecule has 0 spiro atoms. The number of hydrogen-bond donors (Lipinski definition) is 7. The van der Waals surface area contributed by atoms with E-state index in [1.807, 2.05) is 0 Å². The molecule has 3 aliphatic carbocycles.